The third-order valence-electron chi connectivity index (χ3n) is 1.82. The summed E-state index contributed by atoms with van der Waals surface area (Å²) in [5.74, 6) is 0. The van der Waals surface area contributed by atoms with Crippen molar-refractivity contribution in [2.45, 2.75) is 13.5 Å². The van der Waals surface area contributed by atoms with E-state index >= 15 is 0 Å². The third-order valence-corrected chi connectivity index (χ3v) is 2.16. The molecule has 70 valence electrons. The number of rotatable bonds is 2. The lowest BCUT2D eigenvalue weighted by molar-refractivity contribution is -0.384. The van der Waals surface area contributed by atoms with Gasteiger partial charge in [-0.25, -0.2) is 0 Å². The predicted octanol–water partition coefficient (Wildman–Crippen LogP) is 2.02. The zero-order valence-electron chi connectivity index (χ0n) is 7.08. The minimum absolute atomic E-state index is 0.000278. The lowest BCUT2D eigenvalue weighted by atomic mass is 10.1. The van der Waals surface area contributed by atoms with Crippen LogP contribution in [0.15, 0.2) is 12.1 Å². The van der Waals surface area contributed by atoms with Crippen LogP contribution in [0, 0.1) is 17.0 Å². The Bertz CT molecular complexity index is 329. The fourth-order valence-corrected chi connectivity index (χ4v) is 1.46. The van der Waals surface area contributed by atoms with Gasteiger partial charge in [0.15, 0.2) is 0 Å². The minimum Gasteiger partial charge on any atom is -0.326 e. The van der Waals surface area contributed by atoms with E-state index in [9.17, 15) is 10.1 Å². The van der Waals surface area contributed by atoms with Crippen LogP contribution in [0.4, 0.5) is 5.69 Å². The Labute approximate surface area is 80.5 Å². The highest BCUT2D eigenvalue weighted by Crippen LogP contribution is 2.25. The molecule has 0 aliphatic rings. The molecule has 0 aliphatic heterocycles. The van der Waals surface area contributed by atoms with Crippen LogP contribution in [0.1, 0.15) is 11.1 Å². The van der Waals surface area contributed by atoms with Crippen molar-refractivity contribution in [2.24, 2.45) is 5.73 Å². The first-order chi connectivity index (χ1) is 6.06. The molecule has 2 N–H and O–H groups in total. The maximum absolute atomic E-state index is 10.4. The van der Waals surface area contributed by atoms with Crippen molar-refractivity contribution in [2.75, 3.05) is 0 Å². The summed E-state index contributed by atoms with van der Waals surface area (Å²) < 4.78 is 0. The molecular formula is C8H9ClN2O2. The van der Waals surface area contributed by atoms with E-state index in [0.717, 1.165) is 11.1 Å². The Morgan fingerprint density at radius 2 is 2.23 bits per heavy atom. The molecule has 5 heteroatoms. The van der Waals surface area contributed by atoms with Crippen LogP contribution in [0.2, 0.25) is 5.02 Å². The lowest BCUT2D eigenvalue weighted by Gasteiger charge is -2.04. The zero-order chi connectivity index (χ0) is 10.0. The second kappa shape index (κ2) is 3.72. The minimum atomic E-state index is -0.473. The Morgan fingerprint density at radius 1 is 1.62 bits per heavy atom. The van der Waals surface area contributed by atoms with Crippen LogP contribution in [-0.4, -0.2) is 4.92 Å². The van der Waals surface area contributed by atoms with Gasteiger partial charge in [0.2, 0.25) is 0 Å². The van der Waals surface area contributed by atoms with Gasteiger partial charge < -0.3 is 5.73 Å². The summed E-state index contributed by atoms with van der Waals surface area (Å²) in [7, 11) is 0. The number of nitro benzene ring substituents is 1. The monoisotopic (exact) mass is 200 g/mol. The quantitative estimate of drug-likeness (QED) is 0.587. The summed E-state index contributed by atoms with van der Waals surface area (Å²) in [6, 6.07) is 2.78. The highest BCUT2D eigenvalue weighted by Gasteiger charge is 2.11. The number of halogens is 1. The van der Waals surface area contributed by atoms with Crippen LogP contribution >= 0.6 is 11.6 Å². The molecule has 0 saturated heterocycles. The molecule has 0 spiro atoms. The normalized spacial score (nSPS) is 10.1. The number of benzene rings is 1. The summed E-state index contributed by atoms with van der Waals surface area (Å²) in [5, 5.41) is 10.8. The maximum Gasteiger partial charge on any atom is 0.271 e. The van der Waals surface area contributed by atoms with Gasteiger partial charge in [0.05, 0.1) is 9.95 Å². The summed E-state index contributed by atoms with van der Waals surface area (Å²) in [5.41, 5.74) is 6.93. The molecule has 0 unspecified atom stereocenters. The lowest BCUT2D eigenvalue weighted by Crippen LogP contribution is -2.01. The molecule has 0 heterocycles. The molecule has 0 aromatic heterocycles. The average molecular weight is 201 g/mol. The predicted molar refractivity (Wildman–Crippen MR) is 50.7 cm³/mol. The van der Waals surface area contributed by atoms with E-state index in [1.54, 1.807) is 6.92 Å². The SMILES string of the molecule is Cc1cc([N+](=O)[O-])cc(Cl)c1CN. The topological polar surface area (TPSA) is 69.2 Å². The Morgan fingerprint density at radius 3 is 2.62 bits per heavy atom. The van der Waals surface area contributed by atoms with Gasteiger partial charge in [-0.05, 0) is 18.1 Å². The molecule has 0 saturated carbocycles. The van der Waals surface area contributed by atoms with Crippen LogP contribution in [0.5, 0.6) is 0 Å². The molecule has 1 aromatic rings. The Kier molecular flexibility index (Phi) is 2.85. The molecule has 0 amide bonds. The van der Waals surface area contributed by atoms with Crippen LogP contribution < -0.4 is 5.73 Å². The highest BCUT2D eigenvalue weighted by molar-refractivity contribution is 6.31. The van der Waals surface area contributed by atoms with Gasteiger partial charge in [-0.2, -0.15) is 0 Å². The van der Waals surface area contributed by atoms with Gasteiger partial charge in [0.1, 0.15) is 0 Å². The van der Waals surface area contributed by atoms with Gasteiger partial charge in [-0.3, -0.25) is 10.1 Å². The molecule has 1 rings (SSSR count). The van der Waals surface area contributed by atoms with Crippen LogP contribution in [0.3, 0.4) is 0 Å². The fourth-order valence-electron chi connectivity index (χ4n) is 1.12. The zero-order valence-corrected chi connectivity index (χ0v) is 7.84. The fraction of sp³-hybridized carbons (Fsp3) is 0.250. The molecular weight excluding hydrogens is 192 g/mol. The van der Waals surface area contributed by atoms with Crippen molar-refractivity contribution < 1.29 is 4.92 Å². The number of nitro groups is 1. The number of nitrogens with two attached hydrogens (primary N) is 1. The van der Waals surface area contributed by atoms with Crippen LogP contribution in [-0.2, 0) is 6.54 Å². The van der Waals surface area contributed by atoms with E-state index in [1.165, 1.54) is 12.1 Å². The van der Waals surface area contributed by atoms with Gasteiger partial charge in [0, 0.05) is 18.7 Å². The first-order valence-electron chi connectivity index (χ1n) is 3.69. The van der Waals surface area contributed by atoms with Gasteiger partial charge in [-0.15, -0.1) is 0 Å². The number of aryl methyl sites for hydroxylation is 1. The first kappa shape index (κ1) is 9.95. The molecule has 13 heavy (non-hydrogen) atoms. The number of hydrogen-bond acceptors (Lipinski definition) is 3. The summed E-state index contributed by atoms with van der Waals surface area (Å²) >= 11 is 5.79. The molecule has 0 aliphatic carbocycles. The van der Waals surface area contributed by atoms with Crippen molar-refractivity contribution in [3.63, 3.8) is 0 Å². The first-order valence-corrected chi connectivity index (χ1v) is 4.07. The highest BCUT2D eigenvalue weighted by atomic mass is 35.5. The van der Waals surface area contributed by atoms with Crippen molar-refractivity contribution in [3.05, 3.63) is 38.4 Å². The standard InChI is InChI=1S/C8H9ClN2O2/c1-5-2-6(11(12)13)3-8(9)7(5)4-10/h2-3H,4,10H2,1H3. The Balaban J connectivity index is 3.28. The van der Waals surface area contributed by atoms with Gasteiger partial charge in [0.25, 0.3) is 5.69 Å². The second-order valence-electron chi connectivity index (χ2n) is 2.68. The van der Waals surface area contributed by atoms with E-state index in [-0.39, 0.29) is 5.69 Å². The van der Waals surface area contributed by atoms with Gasteiger partial charge in [-0.1, -0.05) is 11.6 Å². The largest absolute Gasteiger partial charge is 0.326 e. The van der Waals surface area contributed by atoms with E-state index < -0.39 is 4.92 Å². The van der Waals surface area contributed by atoms with E-state index in [0.29, 0.717) is 11.6 Å². The average Bonchev–Trinajstić information content (AvgIpc) is 2.03. The van der Waals surface area contributed by atoms with E-state index in [1.807, 2.05) is 0 Å². The number of non-ortho nitro benzene ring substituents is 1. The van der Waals surface area contributed by atoms with Crippen LogP contribution in [0.25, 0.3) is 0 Å². The second-order valence-corrected chi connectivity index (χ2v) is 3.09. The summed E-state index contributed by atoms with van der Waals surface area (Å²) in [6.07, 6.45) is 0. The molecule has 0 fully saturated rings. The van der Waals surface area contributed by atoms with Crippen molar-refractivity contribution in [3.8, 4) is 0 Å². The van der Waals surface area contributed by atoms with Crippen molar-refractivity contribution in [1.29, 1.82) is 0 Å². The summed E-state index contributed by atoms with van der Waals surface area (Å²) in [6.45, 7) is 2.05. The van der Waals surface area contributed by atoms with E-state index in [2.05, 4.69) is 0 Å². The Hall–Kier alpha value is -1.13. The number of nitrogens with zero attached hydrogens (tertiary/aromatic N) is 1. The number of hydrogen-bond donors (Lipinski definition) is 1. The maximum atomic E-state index is 10.4. The molecule has 1 aromatic carbocycles. The van der Waals surface area contributed by atoms with Crippen molar-refractivity contribution >= 4 is 17.3 Å². The smallest absolute Gasteiger partial charge is 0.271 e. The van der Waals surface area contributed by atoms with E-state index in [4.69, 9.17) is 17.3 Å². The third kappa shape index (κ3) is 1.96. The molecule has 0 bridgehead atoms. The molecule has 4 nitrogen and oxygen atoms in total. The molecule has 0 radical (unpaired) electrons. The summed E-state index contributed by atoms with van der Waals surface area (Å²) in [4.78, 5) is 9.95. The molecule has 0 atom stereocenters. The van der Waals surface area contributed by atoms with Gasteiger partial charge >= 0.3 is 0 Å². The van der Waals surface area contributed by atoms with Crippen molar-refractivity contribution in [1.82, 2.24) is 0 Å².